The molecule has 0 spiro atoms. The van der Waals surface area contributed by atoms with E-state index in [-0.39, 0.29) is 18.4 Å². The van der Waals surface area contributed by atoms with E-state index in [2.05, 4.69) is 68.6 Å². The zero-order chi connectivity index (χ0) is 30.4. The smallest absolute Gasteiger partial charge is 0.246 e. The van der Waals surface area contributed by atoms with Gasteiger partial charge in [-0.1, -0.05) is 131 Å². The minimum absolute atomic E-state index is 0.00817. The summed E-state index contributed by atoms with van der Waals surface area (Å²) in [6, 6.07) is 10.6. The highest BCUT2D eigenvalue weighted by molar-refractivity contribution is 5.92. The lowest BCUT2D eigenvalue weighted by Gasteiger charge is -2.27. The number of hydrogen-bond donors (Lipinski definition) is 1. The average molecular weight is 575 g/mol. The van der Waals surface area contributed by atoms with E-state index in [0.717, 1.165) is 62.6 Å². The summed E-state index contributed by atoms with van der Waals surface area (Å²) in [7, 11) is 0. The Kier molecular flexibility index (Phi) is 18.3. The first-order chi connectivity index (χ1) is 20.4. The third-order valence-corrected chi connectivity index (χ3v) is 8.11. The van der Waals surface area contributed by atoms with Gasteiger partial charge in [0, 0.05) is 18.3 Å². The SMILES string of the molecule is CCC/C=C/C(C)=C\C=C(/C)NC(=O)CN(CCCCCCCC)C(=O)/C=C(/CCCc1ccccc1)CC1CCC1. The van der Waals surface area contributed by atoms with E-state index in [4.69, 9.17) is 0 Å². The second kappa shape index (κ2) is 21.8. The van der Waals surface area contributed by atoms with Gasteiger partial charge in [-0.15, -0.1) is 0 Å². The molecule has 0 aliphatic heterocycles. The zero-order valence-corrected chi connectivity index (χ0v) is 27.1. The van der Waals surface area contributed by atoms with Crippen molar-refractivity contribution in [3.05, 3.63) is 83.1 Å². The summed E-state index contributed by atoms with van der Waals surface area (Å²) in [6.45, 7) is 9.07. The van der Waals surface area contributed by atoms with E-state index in [0.29, 0.717) is 12.5 Å². The fraction of sp³-hybridized carbons (Fsp3) is 0.579. The lowest BCUT2D eigenvalue weighted by atomic mass is 9.80. The van der Waals surface area contributed by atoms with E-state index < -0.39 is 0 Å². The van der Waals surface area contributed by atoms with E-state index in [1.165, 1.54) is 56.1 Å². The molecule has 0 radical (unpaired) electrons. The second-order valence-corrected chi connectivity index (χ2v) is 12.2. The largest absolute Gasteiger partial charge is 0.330 e. The van der Waals surface area contributed by atoms with Gasteiger partial charge in [0.05, 0.1) is 0 Å². The van der Waals surface area contributed by atoms with Gasteiger partial charge in [-0.25, -0.2) is 0 Å². The molecule has 0 heterocycles. The van der Waals surface area contributed by atoms with E-state index >= 15 is 0 Å². The molecular formula is C38H58N2O2. The maximum atomic E-state index is 13.6. The van der Waals surface area contributed by atoms with Gasteiger partial charge in [0.1, 0.15) is 6.54 Å². The molecule has 1 aliphatic carbocycles. The number of aryl methyl sites for hydroxylation is 1. The van der Waals surface area contributed by atoms with E-state index in [9.17, 15) is 9.59 Å². The van der Waals surface area contributed by atoms with Crippen LogP contribution in [0.4, 0.5) is 0 Å². The molecule has 0 aromatic heterocycles. The zero-order valence-electron chi connectivity index (χ0n) is 27.1. The molecule has 1 aromatic rings. The molecule has 1 N–H and O–H groups in total. The van der Waals surface area contributed by atoms with Gasteiger partial charge in [0.15, 0.2) is 0 Å². The van der Waals surface area contributed by atoms with Crippen LogP contribution in [0.15, 0.2) is 77.6 Å². The normalized spacial score (nSPS) is 14.7. The topological polar surface area (TPSA) is 49.4 Å². The number of nitrogens with one attached hydrogen (secondary N) is 1. The Bertz CT molecular complexity index is 1030. The molecule has 1 aliphatic rings. The van der Waals surface area contributed by atoms with Crippen LogP contribution in [-0.2, 0) is 16.0 Å². The summed E-state index contributed by atoms with van der Waals surface area (Å²) in [6.07, 6.45) is 27.1. The summed E-state index contributed by atoms with van der Waals surface area (Å²) >= 11 is 0. The Labute approximate surface area is 257 Å². The maximum Gasteiger partial charge on any atom is 0.246 e. The number of hydrogen-bond acceptors (Lipinski definition) is 2. The van der Waals surface area contributed by atoms with Gasteiger partial charge < -0.3 is 10.2 Å². The second-order valence-electron chi connectivity index (χ2n) is 12.2. The van der Waals surface area contributed by atoms with Crippen LogP contribution in [0.25, 0.3) is 0 Å². The van der Waals surface area contributed by atoms with Crippen LogP contribution >= 0.6 is 0 Å². The van der Waals surface area contributed by atoms with Gasteiger partial charge in [0.2, 0.25) is 11.8 Å². The summed E-state index contributed by atoms with van der Waals surface area (Å²) in [5.74, 6) is 0.567. The lowest BCUT2D eigenvalue weighted by Crippen LogP contribution is -2.40. The van der Waals surface area contributed by atoms with Crippen LogP contribution < -0.4 is 5.32 Å². The minimum Gasteiger partial charge on any atom is -0.330 e. The first-order valence-electron chi connectivity index (χ1n) is 16.7. The Morgan fingerprint density at radius 2 is 1.67 bits per heavy atom. The lowest BCUT2D eigenvalue weighted by molar-refractivity contribution is -0.132. The molecule has 4 heteroatoms. The number of nitrogens with zero attached hydrogens (tertiary/aromatic N) is 1. The minimum atomic E-state index is -0.131. The molecule has 4 nitrogen and oxygen atoms in total. The van der Waals surface area contributed by atoms with Crippen LogP contribution in [0.3, 0.4) is 0 Å². The van der Waals surface area contributed by atoms with Crippen LogP contribution in [0.5, 0.6) is 0 Å². The van der Waals surface area contributed by atoms with Crippen molar-refractivity contribution in [2.45, 2.75) is 124 Å². The molecule has 42 heavy (non-hydrogen) atoms. The highest BCUT2D eigenvalue weighted by atomic mass is 16.2. The van der Waals surface area contributed by atoms with Gasteiger partial charge in [-0.2, -0.15) is 0 Å². The standard InChI is InChI=1S/C38H58N2O2/c1-5-7-9-10-11-16-28-40(31-37(41)39-33(4)27-26-32(3)19-13-8-6-2)38(42)30-36(29-35-23-18-24-35)25-17-22-34-20-14-12-15-21-34/h12-15,19-21,26-27,30,35H,5-11,16-18,22-25,28-29,31H2,1-4H3,(H,39,41)/b19-13+,32-26-,33-27+,36-30-. The third kappa shape index (κ3) is 15.9. The molecule has 1 fully saturated rings. The number of carbonyl (C=O) groups is 2. The van der Waals surface area contributed by atoms with Crippen molar-refractivity contribution in [2.24, 2.45) is 5.92 Å². The highest BCUT2D eigenvalue weighted by Gasteiger charge is 2.21. The molecular weight excluding hydrogens is 516 g/mol. The molecule has 1 aromatic carbocycles. The predicted molar refractivity (Wildman–Crippen MR) is 179 cm³/mol. The Hall–Kier alpha value is -2.88. The summed E-state index contributed by atoms with van der Waals surface area (Å²) in [5.41, 5.74) is 4.53. The van der Waals surface area contributed by atoms with Crippen molar-refractivity contribution in [3.8, 4) is 0 Å². The van der Waals surface area contributed by atoms with Crippen molar-refractivity contribution < 1.29 is 9.59 Å². The van der Waals surface area contributed by atoms with E-state index in [1.807, 2.05) is 25.2 Å². The predicted octanol–water partition coefficient (Wildman–Crippen LogP) is 9.64. The summed E-state index contributed by atoms with van der Waals surface area (Å²) in [4.78, 5) is 28.5. The molecule has 0 atom stereocenters. The van der Waals surface area contributed by atoms with Crippen LogP contribution in [0, 0.1) is 5.92 Å². The quantitative estimate of drug-likeness (QED) is 0.0902. The number of unbranched alkanes of at least 4 members (excludes halogenated alkanes) is 6. The van der Waals surface area contributed by atoms with Crippen LogP contribution in [0.2, 0.25) is 0 Å². The Balaban J connectivity index is 2.05. The van der Waals surface area contributed by atoms with Gasteiger partial charge in [-0.3, -0.25) is 9.59 Å². The molecule has 2 amide bonds. The summed E-state index contributed by atoms with van der Waals surface area (Å²) in [5, 5.41) is 3.00. The highest BCUT2D eigenvalue weighted by Crippen LogP contribution is 2.33. The van der Waals surface area contributed by atoms with Gasteiger partial charge in [-0.05, 0) is 69.9 Å². The van der Waals surface area contributed by atoms with Crippen molar-refractivity contribution in [2.75, 3.05) is 13.1 Å². The maximum absolute atomic E-state index is 13.6. The van der Waals surface area contributed by atoms with Crippen molar-refractivity contribution in [3.63, 3.8) is 0 Å². The van der Waals surface area contributed by atoms with Gasteiger partial charge in [0.25, 0.3) is 0 Å². The molecule has 2 rings (SSSR count). The number of amides is 2. The van der Waals surface area contributed by atoms with E-state index in [1.54, 1.807) is 4.90 Å². The number of rotatable bonds is 21. The fourth-order valence-corrected chi connectivity index (χ4v) is 5.30. The van der Waals surface area contributed by atoms with Crippen LogP contribution in [0.1, 0.15) is 123 Å². The summed E-state index contributed by atoms with van der Waals surface area (Å²) < 4.78 is 0. The van der Waals surface area contributed by atoms with Crippen molar-refractivity contribution in [1.29, 1.82) is 0 Å². The Morgan fingerprint density at radius 3 is 2.36 bits per heavy atom. The molecule has 0 bridgehead atoms. The molecule has 232 valence electrons. The molecule has 1 saturated carbocycles. The van der Waals surface area contributed by atoms with Crippen LogP contribution in [-0.4, -0.2) is 29.8 Å². The van der Waals surface area contributed by atoms with Crippen molar-refractivity contribution >= 4 is 11.8 Å². The number of carbonyl (C=O) groups excluding carboxylic acids is 2. The first kappa shape index (κ1) is 35.3. The third-order valence-electron chi connectivity index (χ3n) is 8.11. The molecule has 0 saturated heterocycles. The average Bonchev–Trinajstić information content (AvgIpc) is 2.95. The van der Waals surface area contributed by atoms with Gasteiger partial charge >= 0.3 is 0 Å². The Morgan fingerprint density at radius 1 is 0.929 bits per heavy atom. The first-order valence-corrected chi connectivity index (χ1v) is 16.7. The monoisotopic (exact) mass is 574 g/mol. The number of allylic oxidation sites excluding steroid dienone is 7. The molecule has 0 unspecified atom stereocenters. The fourth-order valence-electron chi connectivity index (χ4n) is 5.30. The van der Waals surface area contributed by atoms with Crippen molar-refractivity contribution in [1.82, 2.24) is 10.2 Å². The number of benzene rings is 1.